The SMILES string of the molecule is O=C([C@@H]1CCCO1)N1CCCC1(c1ccccc1)C(F)(F)F. The van der Waals surface area contributed by atoms with E-state index in [9.17, 15) is 18.0 Å². The van der Waals surface area contributed by atoms with Gasteiger partial charge in [0.2, 0.25) is 0 Å². The number of hydrogen-bond acceptors (Lipinski definition) is 2. The molecule has 2 fully saturated rings. The minimum atomic E-state index is -4.51. The van der Waals surface area contributed by atoms with Crippen LogP contribution in [0, 0.1) is 0 Å². The Balaban J connectivity index is 2.02. The first-order chi connectivity index (χ1) is 10.5. The highest BCUT2D eigenvalue weighted by atomic mass is 19.4. The highest BCUT2D eigenvalue weighted by molar-refractivity contribution is 5.82. The van der Waals surface area contributed by atoms with Crippen molar-refractivity contribution in [3.8, 4) is 0 Å². The predicted molar refractivity (Wildman–Crippen MR) is 74.1 cm³/mol. The molecule has 0 aromatic heterocycles. The van der Waals surface area contributed by atoms with E-state index in [0.717, 1.165) is 4.90 Å². The van der Waals surface area contributed by atoms with E-state index in [2.05, 4.69) is 0 Å². The number of nitrogens with zero attached hydrogens (tertiary/aromatic N) is 1. The number of carbonyl (C=O) groups excluding carboxylic acids is 1. The summed E-state index contributed by atoms with van der Waals surface area (Å²) in [6.45, 7) is 0.557. The first kappa shape index (κ1) is 15.3. The van der Waals surface area contributed by atoms with Crippen molar-refractivity contribution < 1.29 is 22.7 Å². The lowest BCUT2D eigenvalue weighted by Gasteiger charge is -2.41. The van der Waals surface area contributed by atoms with E-state index in [4.69, 9.17) is 4.74 Å². The van der Waals surface area contributed by atoms with E-state index in [1.807, 2.05) is 0 Å². The normalized spacial score (nSPS) is 29.0. The van der Waals surface area contributed by atoms with Crippen LogP contribution in [0.2, 0.25) is 0 Å². The van der Waals surface area contributed by atoms with Crippen molar-refractivity contribution in [2.75, 3.05) is 13.2 Å². The van der Waals surface area contributed by atoms with Crippen molar-refractivity contribution in [1.82, 2.24) is 4.90 Å². The Bertz CT molecular complexity index is 540. The fraction of sp³-hybridized carbons (Fsp3) is 0.562. The number of amides is 1. The molecule has 1 aromatic carbocycles. The Labute approximate surface area is 127 Å². The quantitative estimate of drug-likeness (QED) is 0.839. The van der Waals surface area contributed by atoms with Crippen LogP contribution in [0.25, 0.3) is 0 Å². The highest BCUT2D eigenvalue weighted by Crippen LogP contribution is 2.51. The third-order valence-electron chi connectivity index (χ3n) is 4.57. The molecule has 0 spiro atoms. The van der Waals surface area contributed by atoms with Crippen LogP contribution in [0.15, 0.2) is 30.3 Å². The van der Waals surface area contributed by atoms with Gasteiger partial charge >= 0.3 is 6.18 Å². The third-order valence-corrected chi connectivity index (χ3v) is 4.57. The standard InChI is InChI=1S/C16H18F3NO2/c17-16(18,19)15(12-6-2-1-3-7-12)9-5-10-20(15)14(21)13-8-4-11-22-13/h1-3,6-7,13H,4-5,8-11H2/t13-,15?/m0/s1. The Morgan fingerprint density at radius 2 is 1.95 bits per heavy atom. The molecule has 120 valence electrons. The van der Waals surface area contributed by atoms with Crippen molar-refractivity contribution in [2.24, 2.45) is 0 Å². The van der Waals surface area contributed by atoms with Gasteiger partial charge in [0.05, 0.1) is 0 Å². The van der Waals surface area contributed by atoms with Gasteiger partial charge in [-0.25, -0.2) is 0 Å². The van der Waals surface area contributed by atoms with Crippen molar-refractivity contribution >= 4 is 5.91 Å². The number of halogens is 3. The smallest absolute Gasteiger partial charge is 0.368 e. The van der Waals surface area contributed by atoms with Crippen LogP contribution in [-0.4, -0.2) is 36.2 Å². The summed E-state index contributed by atoms with van der Waals surface area (Å²) < 4.78 is 47.2. The average Bonchev–Trinajstić information content (AvgIpc) is 3.17. The molecule has 3 rings (SSSR count). The second-order valence-electron chi connectivity index (χ2n) is 5.82. The maximum Gasteiger partial charge on any atom is 0.415 e. The van der Waals surface area contributed by atoms with Crippen LogP contribution in [0.3, 0.4) is 0 Å². The minimum Gasteiger partial charge on any atom is -0.368 e. The van der Waals surface area contributed by atoms with Crippen LogP contribution < -0.4 is 0 Å². The lowest BCUT2D eigenvalue weighted by molar-refractivity contribution is -0.230. The van der Waals surface area contributed by atoms with Crippen molar-refractivity contribution in [3.05, 3.63) is 35.9 Å². The van der Waals surface area contributed by atoms with Gasteiger partial charge in [-0.05, 0) is 31.2 Å². The van der Waals surface area contributed by atoms with Gasteiger partial charge in [0.25, 0.3) is 5.91 Å². The Morgan fingerprint density at radius 1 is 1.23 bits per heavy atom. The molecule has 3 nitrogen and oxygen atoms in total. The second kappa shape index (κ2) is 5.57. The molecule has 1 unspecified atom stereocenters. The number of alkyl halides is 3. The summed E-state index contributed by atoms with van der Waals surface area (Å²) in [5.41, 5.74) is -2.09. The van der Waals surface area contributed by atoms with Gasteiger partial charge < -0.3 is 9.64 Å². The molecule has 0 aliphatic carbocycles. The van der Waals surface area contributed by atoms with Crippen molar-refractivity contribution in [2.45, 2.75) is 43.5 Å². The number of ether oxygens (including phenoxy) is 1. The van der Waals surface area contributed by atoms with E-state index in [-0.39, 0.29) is 18.5 Å². The molecular formula is C16H18F3NO2. The summed E-state index contributed by atoms with van der Waals surface area (Å²) in [7, 11) is 0. The molecule has 6 heteroatoms. The summed E-state index contributed by atoms with van der Waals surface area (Å²) in [5, 5.41) is 0. The molecule has 1 amide bonds. The fourth-order valence-electron chi connectivity index (χ4n) is 3.54. The largest absolute Gasteiger partial charge is 0.415 e. The van der Waals surface area contributed by atoms with E-state index in [1.54, 1.807) is 18.2 Å². The van der Waals surface area contributed by atoms with Crippen LogP contribution >= 0.6 is 0 Å². The van der Waals surface area contributed by atoms with Crippen molar-refractivity contribution in [3.63, 3.8) is 0 Å². The van der Waals surface area contributed by atoms with E-state index in [1.165, 1.54) is 12.1 Å². The molecule has 0 radical (unpaired) electrons. The molecule has 1 aromatic rings. The summed E-state index contributed by atoms with van der Waals surface area (Å²) >= 11 is 0. The van der Waals surface area contributed by atoms with Gasteiger partial charge in [-0.2, -0.15) is 13.2 Å². The zero-order chi connectivity index (χ0) is 15.8. The van der Waals surface area contributed by atoms with Gasteiger partial charge in [-0.15, -0.1) is 0 Å². The summed E-state index contributed by atoms with van der Waals surface area (Å²) in [5.74, 6) is -0.531. The van der Waals surface area contributed by atoms with Gasteiger partial charge in [-0.3, -0.25) is 4.79 Å². The minimum absolute atomic E-state index is 0.0982. The molecule has 2 aliphatic heterocycles. The molecule has 2 atom stereocenters. The summed E-state index contributed by atoms with van der Waals surface area (Å²) in [6, 6.07) is 7.74. The molecular weight excluding hydrogens is 295 g/mol. The van der Waals surface area contributed by atoms with Crippen LogP contribution in [0.1, 0.15) is 31.2 Å². The summed E-state index contributed by atoms with van der Waals surface area (Å²) in [4.78, 5) is 13.6. The third kappa shape index (κ3) is 2.29. The van der Waals surface area contributed by atoms with E-state index >= 15 is 0 Å². The average molecular weight is 313 g/mol. The maximum absolute atomic E-state index is 14.0. The topological polar surface area (TPSA) is 29.5 Å². The maximum atomic E-state index is 14.0. The Morgan fingerprint density at radius 3 is 2.55 bits per heavy atom. The monoisotopic (exact) mass is 313 g/mol. The first-order valence-corrected chi connectivity index (χ1v) is 7.52. The van der Waals surface area contributed by atoms with Crippen LogP contribution in [-0.2, 0) is 15.1 Å². The zero-order valence-corrected chi connectivity index (χ0v) is 12.1. The van der Waals surface area contributed by atoms with Gasteiger partial charge in [0.1, 0.15) is 6.10 Å². The molecule has 2 saturated heterocycles. The van der Waals surface area contributed by atoms with E-state index < -0.39 is 23.7 Å². The van der Waals surface area contributed by atoms with E-state index in [0.29, 0.717) is 25.9 Å². The van der Waals surface area contributed by atoms with Crippen LogP contribution in [0.5, 0.6) is 0 Å². The molecule has 2 heterocycles. The highest BCUT2D eigenvalue weighted by Gasteiger charge is 2.63. The number of likely N-dealkylation sites (tertiary alicyclic amines) is 1. The predicted octanol–water partition coefficient (Wildman–Crippen LogP) is 3.25. The molecule has 2 aliphatic rings. The number of benzene rings is 1. The molecule has 22 heavy (non-hydrogen) atoms. The van der Waals surface area contributed by atoms with Crippen LogP contribution in [0.4, 0.5) is 13.2 Å². The summed E-state index contributed by atoms with van der Waals surface area (Å²) in [6.07, 6.45) is -3.79. The van der Waals surface area contributed by atoms with Gasteiger partial charge in [0, 0.05) is 13.2 Å². The number of rotatable bonds is 2. The lowest BCUT2D eigenvalue weighted by atomic mass is 9.86. The first-order valence-electron chi connectivity index (χ1n) is 7.52. The molecule has 0 bridgehead atoms. The lowest BCUT2D eigenvalue weighted by Crippen LogP contribution is -2.56. The Kier molecular flexibility index (Phi) is 3.89. The molecule has 0 N–H and O–H groups in total. The second-order valence-corrected chi connectivity index (χ2v) is 5.82. The van der Waals surface area contributed by atoms with Gasteiger partial charge in [0.15, 0.2) is 5.54 Å². The van der Waals surface area contributed by atoms with Crippen molar-refractivity contribution in [1.29, 1.82) is 0 Å². The Hall–Kier alpha value is -1.56. The number of hydrogen-bond donors (Lipinski definition) is 0. The zero-order valence-electron chi connectivity index (χ0n) is 12.1. The number of carbonyl (C=O) groups is 1. The fourth-order valence-corrected chi connectivity index (χ4v) is 3.54. The van der Waals surface area contributed by atoms with Gasteiger partial charge in [-0.1, -0.05) is 30.3 Å². The molecule has 0 saturated carbocycles.